The first-order valence-corrected chi connectivity index (χ1v) is 6.73. The van der Waals surface area contributed by atoms with Crippen LogP contribution in [0.1, 0.15) is 12.8 Å². The van der Waals surface area contributed by atoms with Gasteiger partial charge in [-0.2, -0.15) is 0 Å². The smallest absolute Gasteiger partial charge is 0.321 e. The van der Waals surface area contributed by atoms with Crippen molar-refractivity contribution in [3.05, 3.63) is 24.3 Å². The van der Waals surface area contributed by atoms with Crippen molar-refractivity contribution in [3.8, 4) is 0 Å². The molecule has 0 aromatic heterocycles. The molecule has 1 aliphatic heterocycles. The van der Waals surface area contributed by atoms with Crippen molar-refractivity contribution in [2.75, 3.05) is 31.2 Å². The van der Waals surface area contributed by atoms with Crippen LogP contribution in [0.5, 0.6) is 0 Å². The van der Waals surface area contributed by atoms with Gasteiger partial charge in [0.1, 0.15) is 0 Å². The van der Waals surface area contributed by atoms with Gasteiger partial charge >= 0.3 is 6.03 Å². The molecule has 1 atom stereocenters. The topological polar surface area (TPSA) is 87.5 Å². The van der Waals surface area contributed by atoms with Gasteiger partial charge in [-0.1, -0.05) is 6.07 Å². The lowest BCUT2D eigenvalue weighted by Crippen LogP contribution is -2.46. The molecule has 0 saturated carbocycles. The third-order valence-electron chi connectivity index (χ3n) is 3.46. The van der Waals surface area contributed by atoms with E-state index in [4.69, 9.17) is 5.73 Å². The number of urea groups is 1. The Morgan fingerprint density at radius 1 is 1.40 bits per heavy atom. The highest BCUT2D eigenvalue weighted by atomic mass is 16.2. The summed E-state index contributed by atoms with van der Waals surface area (Å²) in [7, 11) is 1.62. The summed E-state index contributed by atoms with van der Waals surface area (Å²) in [6, 6.07) is 6.85. The van der Waals surface area contributed by atoms with E-state index in [1.807, 2.05) is 0 Å². The number of carbonyl (C=O) groups excluding carboxylic acids is 2. The first kappa shape index (κ1) is 14.2. The van der Waals surface area contributed by atoms with Gasteiger partial charge in [0, 0.05) is 31.5 Å². The molecule has 1 fully saturated rings. The number of amides is 3. The van der Waals surface area contributed by atoms with Crippen LogP contribution in [0.15, 0.2) is 24.3 Å². The molecule has 0 radical (unpaired) electrons. The Bertz CT molecular complexity index is 504. The van der Waals surface area contributed by atoms with Crippen LogP contribution < -0.4 is 16.4 Å². The lowest BCUT2D eigenvalue weighted by atomic mass is 9.97. The maximum absolute atomic E-state index is 12.2. The highest BCUT2D eigenvalue weighted by molar-refractivity contribution is 5.90. The fraction of sp³-hybridized carbons (Fsp3) is 0.429. The standard InChI is InChI=1S/C14H20N4O2/c1-16-13(19)10-4-3-7-18(9-10)14(20)17-12-6-2-5-11(15)8-12/h2,5-6,8,10H,3-4,7,9,15H2,1H3,(H,16,19)(H,17,20). The Kier molecular flexibility index (Phi) is 4.45. The number of likely N-dealkylation sites (tertiary alicyclic amines) is 1. The quantitative estimate of drug-likeness (QED) is 0.711. The fourth-order valence-corrected chi connectivity index (χ4v) is 2.40. The van der Waals surface area contributed by atoms with E-state index < -0.39 is 0 Å². The molecule has 6 nitrogen and oxygen atoms in total. The average Bonchev–Trinajstić information content (AvgIpc) is 2.46. The predicted molar refractivity (Wildman–Crippen MR) is 78.2 cm³/mol. The highest BCUT2D eigenvalue weighted by Crippen LogP contribution is 2.18. The van der Waals surface area contributed by atoms with Gasteiger partial charge in [-0.15, -0.1) is 0 Å². The lowest BCUT2D eigenvalue weighted by molar-refractivity contribution is -0.125. The van der Waals surface area contributed by atoms with Crippen LogP contribution in [0.2, 0.25) is 0 Å². The number of anilines is 2. The normalized spacial score (nSPS) is 18.4. The van der Waals surface area contributed by atoms with Crippen molar-refractivity contribution < 1.29 is 9.59 Å². The summed E-state index contributed by atoms with van der Waals surface area (Å²) in [6.45, 7) is 1.12. The minimum Gasteiger partial charge on any atom is -0.399 e. The zero-order valence-electron chi connectivity index (χ0n) is 11.6. The van der Waals surface area contributed by atoms with Gasteiger partial charge in [0.15, 0.2) is 0 Å². The van der Waals surface area contributed by atoms with E-state index in [-0.39, 0.29) is 17.9 Å². The number of nitrogens with zero attached hydrogens (tertiary/aromatic N) is 1. The second-order valence-electron chi connectivity index (χ2n) is 4.96. The van der Waals surface area contributed by atoms with Crippen molar-refractivity contribution in [3.63, 3.8) is 0 Å². The Balaban J connectivity index is 1.97. The van der Waals surface area contributed by atoms with E-state index in [2.05, 4.69) is 10.6 Å². The van der Waals surface area contributed by atoms with E-state index in [0.717, 1.165) is 12.8 Å². The molecule has 1 aromatic carbocycles. The monoisotopic (exact) mass is 276 g/mol. The van der Waals surface area contributed by atoms with Crippen LogP contribution in [-0.2, 0) is 4.79 Å². The Labute approximate surface area is 118 Å². The summed E-state index contributed by atoms with van der Waals surface area (Å²) in [5.41, 5.74) is 6.94. The van der Waals surface area contributed by atoms with E-state index in [1.165, 1.54) is 0 Å². The molecule has 1 heterocycles. The molecule has 1 aliphatic rings. The maximum atomic E-state index is 12.2. The SMILES string of the molecule is CNC(=O)C1CCCN(C(=O)Nc2cccc(N)c2)C1. The van der Waals surface area contributed by atoms with Gasteiger partial charge in [0.25, 0.3) is 0 Å². The van der Waals surface area contributed by atoms with Crippen molar-refractivity contribution in [2.45, 2.75) is 12.8 Å². The first-order chi connectivity index (χ1) is 9.60. The number of hydrogen-bond donors (Lipinski definition) is 3. The molecule has 6 heteroatoms. The molecule has 3 amide bonds. The van der Waals surface area contributed by atoms with E-state index in [1.54, 1.807) is 36.2 Å². The van der Waals surface area contributed by atoms with Gasteiger partial charge in [-0.25, -0.2) is 4.79 Å². The largest absolute Gasteiger partial charge is 0.399 e. The molecule has 0 spiro atoms. The number of rotatable bonds is 2. The fourth-order valence-electron chi connectivity index (χ4n) is 2.40. The van der Waals surface area contributed by atoms with Gasteiger partial charge in [0.05, 0.1) is 5.92 Å². The van der Waals surface area contributed by atoms with Crippen LogP contribution in [-0.4, -0.2) is 37.0 Å². The van der Waals surface area contributed by atoms with Gasteiger partial charge in [-0.3, -0.25) is 4.79 Å². The number of carbonyl (C=O) groups is 2. The van der Waals surface area contributed by atoms with Crippen molar-refractivity contribution in [1.82, 2.24) is 10.2 Å². The molecule has 108 valence electrons. The lowest BCUT2D eigenvalue weighted by Gasteiger charge is -2.31. The number of nitrogen functional groups attached to an aromatic ring is 1. The van der Waals surface area contributed by atoms with Crippen LogP contribution in [0.4, 0.5) is 16.2 Å². The average molecular weight is 276 g/mol. The number of hydrogen-bond acceptors (Lipinski definition) is 3. The van der Waals surface area contributed by atoms with Crippen LogP contribution in [0.25, 0.3) is 0 Å². The van der Waals surface area contributed by atoms with E-state index in [9.17, 15) is 9.59 Å². The number of nitrogens with two attached hydrogens (primary N) is 1. The molecule has 4 N–H and O–H groups in total. The summed E-state index contributed by atoms with van der Waals surface area (Å²) in [5.74, 6) is -0.133. The molecule has 1 unspecified atom stereocenters. The molecular formula is C14H20N4O2. The molecule has 1 saturated heterocycles. The third-order valence-corrected chi connectivity index (χ3v) is 3.46. The van der Waals surface area contributed by atoms with Crippen LogP contribution >= 0.6 is 0 Å². The van der Waals surface area contributed by atoms with Crippen LogP contribution in [0.3, 0.4) is 0 Å². The zero-order chi connectivity index (χ0) is 14.5. The number of benzene rings is 1. The molecule has 0 bridgehead atoms. The van der Waals surface area contributed by atoms with Gasteiger partial charge in [-0.05, 0) is 31.0 Å². The highest BCUT2D eigenvalue weighted by Gasteiger charge is 2.27. The van der Waals surface area contributed by atoms with Gasteiger partial charge in [0.2, 0.25) is 5.91 Å². The minimum absolute atomic E-state index is 0.00791. The van der Waals surface area contributed by atoms with Crippen molar-refractivity contribution in [2.24, 2.45) is 5.92 Å². The predicted octanol–water partition coefficient (Wildman–Crippen LogP) is 1.26. The zero-order valence-corrected chi connectivity index (χ0v) is 11.6. The summed E-state index contributed by atoms with van der Waals surface area (Å²) < 4.78 is 0. The minimum atomic E-state index is -0.191. The Morgan fingerprint density at radius 3 is 2.90 bits per heavy atom. The molecule has 1 aromatic rings. The Morgan fingerprint density at radius 2 is 2.20 bits per heavy atom. The van der Waals surface area contributed by atoms with Crippen molar-refractivity contribution >= 4 is 23.3 Å². The number of piperidine rings is 1. The van der Waals surface area contributed by atoms with Crippen LogP contribution in [0, 0.1) is 5.92 Å². The Hall–Kier alpha value is -2.24. The van der Waals surface area contributed by atoms with Crippen molar-refractivity contribution in [1.29, 1.82) is 0 Å². The third kappa shape index (κ3) is 3.40. The molecule has 2 rings (SSSR count). The maximum Gasteiger partial charge on any atom is 0.321 e. The summed E-state index contributed by atoms with van der Waals surface area (Å²) in [5, 5.41) is 5.44. The summed E-state index contributed by atoms with van der Waals surface area (Å²) >= 11 is 0. The number of nitrogens with one attached hydrogen (secondary N) is 2. The van der Waals surface area contributed by atoms with E-state index in [0.29, 0.717) is 24.5 Å². The second kappa shape index (κ2) is 6.27. The van der Waals surface area contributed by atoms with Gasteiger partial charge < -0.3 is 21.3 Å². The molecular weight excluding hydrogens is 256 g/mol. The molecule has 0 aliphatic carbocycles. The first-order valence-electron chi connectivity index (χ1n) is 6.73. The molecule has 20 heavy (non-hydrogen) atoms. The second-order valence-corrected chi connectivity index (χ2v) is 4.96. The van der Waals surface area contributed by atoms with E-state index >= 15 is 0 Å². The summed E-state index contributed by atoms with van der Waals surface area (Å²) in [6.07, 6.45) is 1.66. The summed E-state index contributed by atoms with van der Waals surface area (Å²) in [4.78, 5) is 25.5.